The van der Waals surface area contributed by atoms with Crippen LogP contribution in [0.15, 0.2) is 24.3 Å². The van der Waals surface area contributed by atoms with Crippen molar-refractivity contribution in [1.29, 1.82) is 0 Å². The molecule has 1 unspecified atom stereocenters. The van der Waals surface area contributed by atoms with Crippen LogP contribution in [-0.2, 0) is 0 Å². The van der Waals surface area contributed by atoms with E-state index in [4.69, 9.17) is 0 Å². The fourth-order valence-corrected chi connectivity index (χ4v) is 2.85. The molecule has 0 spiro atoms. The molecule has 1 aliphatic rings. The van der Waals surface area contributed by atoms with Gasteiger partial charge in [-0.15, -0.1) is 0 Å². The molecule has 1 aromatic carbocycles. The van der Waals surface area contributed by atoms with Crippen molar-refractivity contribution >= 4 is 11.7 Å². The van der Waals surface area contributed by atoms with E-state index in [9.17, 15) is 15.0 Å². The predicted octanol–water partition coefficient (Wildman–Crippen LogP) is 2.51. The van der Waals surface area contributed by atoms with Gasteiger partial charge in [0.15, 0.2) is 0 Å². The fourth-order valence-electron chi connectivity index (χ4n) is 2.85. The zero-order chi connectivity index (χ0) is 15.2. The van der Waals surface area contributed by atoms with Gasteiger partial charge in [-0.1, -0.05) is 25.0 Å². The Morgan fingerprint density at radius 3 is 2.76 bits per heavy atom. The van der Waals surface area contributed by atoms with Crippen LogP contribution < -0.4 is 5.32 Å². The van der Waals surface area contributed by atoms with Gasteiger partial charge in [-0.2, -0.15) is 0 Å². The summed E-state index contributed by atoms with van der Waals surface area (Å²) in [5.41, 5.74) is 1.43. The molecule has 3 N–H and O–H groups in total. The van der Waals surface area contributed by atoms with Gasteiger partial charge in [0.1, 0.15) is 0 Å². The number of hydrogen-bond donors (Lipinski definition) is 3. The topological polar surface area (TPSA) is 72.8 Å². The van der Waals surface area contributed by atoms with Crippen molar-refractivity contribution in [3.63, 3.8) is 0 Å². The molecule has 5 nitrogen and oxygen atoms in total. The predicted molar refractivity (Wildman–Crippen MR) is 82.1 cm³/mol. The van der Waals surface area contributed by atoms with Crippen LogP contribution in [0, 0.1) is 0 Å². The second kappa shape index (κ2) is 7.43. The molecular formula is C16H24N2O3. The van der Waals surface area contributed by atoms with E-state index in [1.807, 2.05) is 12.1 Å². The maximum absolute atomic E-state index is 12.4. The van der Waals surface area contributed by atoms with Gasteiger partial charge in [0.25, 0.3) is 0 Å². The minimum atomic E-state index is -0.565. The highest BCUT2D eigenvalue weighted by Crippen LogP contribution is 2.24. The first kappa shape index (κ1) is 15.8. The zero-order valence-corrected chi connectivity index (χ0v) is 12.5. The summed E-state index contributed by atoms with van der Waals surface area (Å²) in [4.78, 5) is 14.1. The third-order valence-corrected chi connectivity index (χ3v) is 3.99. The van der Waals surface area contributed by atoms with Gasteiger partial charge in [-0.25, -0.2) is 4.79 Å². The van der Waals surface area contributed by atoms with E-state index in [0.717, 1.165) is 31.2 Å². The van der Waals surface area contributed by atoms with E-state index in [0.29, 0.717) is 12.2 Å². The summed E-state index contributed by atoms with van der Waals surface area (Å²) in [5, 5.41) is 21.6. The highest BCUT2D eigenvalue weighted by molar-refractivity contribution is 5.89. The molecule has 1 saturated carbocycles. The first-order chi connectivity index (χ1) is 10.1. The lowest BCUT2D eigenvalue weighted by Gasteiger charge is -2.28. The van der Waals surface area contributed by atoms with Crippen LogP contribution in [-0.4, -0.2) is 40.3 Å². The Balaban J connectivity index is 2.05. The van der Waals surface area contributed by atoms with Crippen molar-refractivity contribution in [2.75, 3.05) is 18.5 Å². The molecule has 1 aromatic rings. The third kappa shape index (κ3) is 4.19. The van der Waals surface area contributed by atoms with Crippen LogP contribution in [0.3, 0.4) is 0 Å². The molecule has 116 valence electrons. The molecule has 1 aliphatic carbocycles. The quantitative estimate of drug-likeness (QED) is 0.780. The maximum Gasteiger partial charge on any atom is 0.322 e. The van der Waals surface area contributed by atoms with Crippen LogP contribution in [0.25, 0.3) is 0 Å². The number of aliphatic hydroxyl groups excluding tert-OH is 2. The lowest BCUT2D eigenvalue weighted by atomic mass is 10.1. The molecule has 1 fully saturated rings. The van der Waals surface area contributed by atoms with Crippen LogP contribution >= 0.6 is 0 Å². The highest BCUT2D eigenvalue weighted by atomic mass is 16.3. The number of benzene rings is 1. The molecule has 0 radical (unpaired) electrons. The minimum absolute atomic E-state index is 0.0301. The molecule has 0 heterocycles. The summed E-state index contributed by atoms with van der Waals surface area (Å²) < 4.78 is 0. The van der Waals surface area contributed by atoms with E-state index < -0.39 is 6.10 Å². The summed E-state index contributed by atoms with van der Waals surface area (Å²) >= 11 is 0. The average Bonchev–Trinajstić information content (AvgIpc) is 2.98. The average molecular weight is 292 g/mol. The minimum Gasteiger partial charge on any atom is -0.395 e. The Morgan fingerprint density at radius 1 is 1.43 bits per heavy atom. The zero-order valence-electron chi connectivity index (χ0n) is 12.5. The molecule has 2 rings (SSSR count). The molecular weight excluding hydrogens is 268 g/mol. The van der Waals surface area contributed by atoms with Gasteiger partial charge in [-0.05, 0) is 37.5 Å². The molecule has 0 aliphatic heterocycles. The number of hydrogen-bond acceptors (Lipinski definition) is 3. The Labute approximate surface area is 125 Å². The van der Waals surface area contributed by atoms with Gasteiger partial charge >= 0.3 is 6.03 Å². The number of carbonyl (C=O) groups is 1. The van der Waals surface area contributed by atoms with Crippen LogP contribution in [0.4, 0.5) is 10.5 Å². The molecule has 5 heteroatoms. The van der Waals surface area contributed by atoms with Crippen molar-refractivity contribution < 1.29 is 15.0 Å². The third-order valence-electron chi connectivity index (χ3n) is 3.99. The van der Waals surface area contributed by atoms with E-state index in [2.05, 4.69) is 5.32 Å². The smallest absolute Gasteiger partial charge is 0.322 e. The summed E-state index contributed by atoms with van der Waals surface area (Å²) in [7, 11) is 0. The van der Waals surface area contributed by atoms with Crippen molar-refractivity contribution in [3.8, 4) is 0 Å². The molecule has 0 saturated heterocycles. The number of aliphatic hydroxyl groups is 2. The second-order valence-corrected chi connectivity index (χ2v) is 5.59. The summed E-state index contributed by atoms with van der Waals surface area (Å²) in [6.07, 6.45) is 3.71. The van der Waals surface area contributed by atoms with Crippen molar-refractivity contribution in [1.82, 2.24) is 4.90 Å². The number of nitrogens with one attached hydrogen (secondary N) is 1. The van der Waals surface area contributed by atoms with E-state index in [1.165, 1.54) is 0 Å². The van der Waals surface area contributed by atoms with E-state index in [-0.39, 0.29) is 18.7 Å². The largest absolute Gasteiger partial charge is 0.395 e. The van der Waals surface area contributed by atoms with Crippen molar-refractivity contribution in [2.45, 2.75) is 44.8 Å². The Hall–Kier alpha value is -1.59. The number of anilines is 1. The van der Waals surface area contributed by atoms with Crippen LogP contribution in [0.5, 0.6) is 0 Å². The number of amides is 2. The molecule has 0 bridgehead atoms. The normalized spacial score (nSPS) is 16.7. The summed E-state index contributed by atoms with van der Waals surface area (Å²) in [5.74, 6) is 0. The monoisotopic (exact) mass is 292 g/mol. The number of rotatable bonds is 5. The molecule has 0 aromatic heterocycles. The molecule has 2 amide bonds. The standard InChI is InChI=1S/C16H24N2O3/c1-12(20)13-5-4-6-14(11-13)17-16(21)18(9-10-19)15-7-2-3-8-15/h4-6,11-12,15,19-20H,2-3,7-10H2,1H3,(H,17,21). The number of carbonyl (C=O) groups excluding carboxylic acids is 1. The Kier molecular flexibility index (Phi) is 5.59. The lowest BCUT2D eigenvalue weighted by Crippen LogP contribution is -2.43. The van der Waals surface area contributed by atoms with Crippen molar-refractivity contribution in [2.24, 2.45) is 0 Å². The Bertz CT molecular complexity index is 470. The van der Waals surface area contributed by atoms with Gasteiger partial charge in [0.2, 0.25) is 0 Å². The van der Waals surface area contributed by atoms with Crippen LogP contribution in [0.2, 0.25) is 0 Å². The van der Waals surface area contributed by atoms with Crippen molar-refractivity contribution in [3.05, 3.63) is 29.8 Å². The SMILES string of the molecule is CC(O)c1cccc(NC(=O)N(CCO)C2CCCC2)c1. The van der Waals surface area contributed by atoms with Gasteiger partial charge in [0.05, 0.1) is 12.7 Å². The van der Waals surface area contributed by atoms with Gasteiger partial charge in [-0.3, -0.25) is 0 Å². The van der Waals surface area contributed by atoms with Crippen LogP contribution in [0.1, 0.15) is 44.3 Å². The van der Waals surface area contributed by atoms with E-state index >= 15 is 0 Å². The highest BCUT2D eigenvalue weighted by Gasteiger charge is 2.26. The summed E-state index contributed by atoms with van der Waals surface area (Å²) in [6.45, 7) is 2.02. The van der Waals surface area contributed by atoms with E-state index in [1.54, 1.807) is 24.0 Å². The Morgan fingerprint density at radius 2 is 2.14 bits per heavy atom. The number of nitrogens with zero attached hydrogens (tertiary/aromatic N) is 1. The lowest BCUT2D eigenvalue weighted by molar-refractivity contribution is 0.163. The van der Waals surface area contributed by atoms with Gasteiger partial charge in [0, 0.05) is 18.3 Å². The first-order valence-electron chi connectivity index (χ1n) is 7.58. The first-order valence-corrected chi connectivity index (χ1v) is 7.58. The fraction of sp³-hybridized carbons (Fsp3) is 0.562. The molecule has 21 heavy (non-hydrogen) atoms. The van der Waals surface area contributed by atoms with Gasteiger partial charge < -0.3 is 20.4 Å². The maximum atomic E-state index is 12.4. The summed E-state index contributed by atoms with van der Waals surface area (Å²) in [6, 6.07) is 7.24. The molecule has 1 atom stereocenters. The number of urea groups is 1. The second-order valence-electron chi connectivity index (χ2n) is 5.59.